The minimum Gasteiger partial charge on any atom is -0.350 e. The average Bonchev–Trinajstić information content (AvgIpc) is 2.60. The van der Waals surface area contributed by atoms with Crippen LogP contribution in [0.1, 0.15) is 49.4 Å². The third-order valence-corrected chi connectivity index (χ3v) is 4.90. The van der Waals surface area contributed by atoms with E-state index in [1.807, 2.05) is 0 Å². The van der Waals surface area contributed by atoms with E-state index < -0.39 is 6.04 Å². The maximum atomic E-state index is 12.4. The fourth-order valence-corrected chi connectivity index (χ4v) is 3.29. The van der Waals surface area contributed by atoms with E-state index in [4.69, 9.17) is 17.3 Å². The zero-order valence-electron chi connectivity index (χ0n) is 14.1. The van der Waals surface area contributed by atoms with Crippen LogP contribution in [-0.4, -0.2) is 30.4 Å². The predicted octanol–water partition coefficient (Wildman–Crippen LogP) is 2.48. The fourth-order valence-electron chi connectivity index (χ4n) is 3.16. The van der Waals surface area contributed by atoms with Gasteiger partial charge in [-0.25, -0.2) is 0 Å². The molecule has 132 valence electrons. The van der Waals surface area contributed by atoms with E-state index in [-0.39, 0.29) is 17.9 Å². The molecule has 0 saturated heterocycles. The molecule has 24 heavy (non-hydrogen) atoms. The van der Waals surface area contributed by atoms with Crippen molar-refractivity contribution >= 4 is 23.4 Å². The highest BCUT2D eigenvalue weighted by atomic mass is 35.5. The maximum Gasteiger partial charge on any atom is 0.251 e. The number of nitrogens with one attached hydrogen (secondary N) is 2. The molecule has 0 spiro atoms. The Balaban J connectivity index is 1.88. The van der Waals surface area contributed by atoms with Gasteiger partial charge in [0.05, 0.1) is 0 Å². The molecule has 5 nitrogen and oxygen atoms in total. The van der Waals surface area contributed by atoms with Crippen LogP contribution in [0.25, 0.3) is 0 Å². The van der Waals surface area contributed by atoms with Gasteiger partial charge in [-0.1, -0.05) is 30.9 Å². The predicted molar refractivity (Wildman–Crippen MR) is 95.9 cm³/mol. The number of hydrogen-bond acceptors (Lipinski definition) is 3. The Hall–Kier alpha value is -1.59. The Morgan fingerprint density at radius 3 is 2.38 bits per heavy atom. The molecule has 1 fully saturated rings. The Kier molecular flexibility index (Phi) is 7.06. The molecule has 1 saturated carbocycles. The van der Waals surface area contributed by atoms with Crippen molar-refractivity contribution in [3.63, 3.8) is 0 Å². The number of carbonyl (C=O) groups is 2. The molecule has 2 rings (SSSR count). The molecule has 0 aliphatic heterocycles. The fraction of sp³-hybridized carbons (Fsp3) is 0.556. The van der Waals surface area contributed by atoms with E-state index >= 15 is 0 Å². The number of benzene rings is 1. The van der Waals surface area contributed by atoms with Crippen molar-refractivity contribution in [3.8, 4) is 0 Å². The number of rotatable bonds is 6. The normalized spacial score (nSPS) is 17.8. The van der Waals surface area contributed by atoms with Crippen LogP contribution in [0.4, 0.5) is 0 Å². The number of amides is 2. The number of nitrogens with two attached hydrogens (primary N) is 1. The van der Waals surface area contributed by atoms with Crippen molar-refractivity contribution in [2.75, 3.05) is 6.54 Å². The molecule has 2 unspecified atom stereocenters. The third kappa shape index (κ3) is 5.21. The summed E-state index contributed by atoms with van der Waals surface area (Å²) in [5.74, 6) is -0.0542. The highest BCUT2D eigenvalue weighted by Gasteiger charge is 2.26. The maximum absolute atomic E-state index is 12.4. The Morgan fingerprint density at radius 2 is 1.79 bits per heavy atom. The van der Waals surface area contributed by atoms with Gasteiger partial charge in [-0.3, -0.25) is 9.59 Å². The van der Waals surface area contributed by atoms with Gasteiger partial charge >= 0.3 is 0 Å². The summed E-state index contributed by atoms with van der Waals surface area (Å²) in [4.78, 5) is 24.5. The standard InChI is InChI=1S/C18H26ClN3O2/c1-12(21-18(24)14-7-9-15(19)10-8-14)17(23)22-16(11-20)13-5-3-2-4-6-13/h7-10,12-13,16H,2-6,11,20H2,1H3,(H,21,24)(H,22,23). The van der Waals surface area contributed by atoms with Crippen LogP contribution in [0.3, 0.4) is 0 Å². The van der Waals surface area contributed by atoms with Gasteiger partial charge in [-0.2, -0.15) is 0 Å². The average molecular weight is 352 g/mol. The Labute approximate surface area is 148 Å². The lowest BCUT2D eigenvalue weighted by Crippen LogP contribution is -2.52. The van der Waals surface area contributed by atoms with Gasteiger partial charge in [-0.05, 0) is 49.9 Å². The lowest BCUT2D eigenvalue weighted by atomic mass is 9.84. The molecular weight excluding hydrogens is 326 g/mol. The molecule has 6 heteroatoms. The summed E-state index contributed by atoms with van der Waals surface area (Å²) in [5, 5.41) is 6.28. The second kappa shape index (κ2) is 9.04. The molecular formula is C18H26ClN3O2. The summed E-state index contributed by atoms with van der Waals surface area (Å²) < 4.78 is 0. The van der Waals surface area contributed by atoms with E-state index in [0.717, 1.165) is 12.8 Å². The van der Waals surface area contributed by atoms with E-state index in [1.54, 1.807) is 31.2 Å². The van der Waals surface area contributed by atoms with Gasteiger partial charge in [0.2, 0.25) is 5.91 Å². The van der Waals surface area contributed by atoms with Crippen molar-refractivity contribution in [1.82, 2.24) is 10.6 Å². The summed E-state index contributed by atoms with van der Waals surface area (Å²) in [6.45, 7) is 2.10. The SMILES string of the molecule is CC(NC(=O)c1ccc(Cl)cc1)C(=O)NC(CN)C1CCCCC1. The van der Waals surface area contributed by atoms with E-state index in [0.29, 0.717) is 23.0 Å². The van der Waals surface area contributed by atoms with Crippen LogP contribution in [0.5, 0.6) is 0 Å². The summed E-state index contributed by atoms with van der Waals surface area (Å²) in [5.41, 5.74) is 6.32. The van der Waals surface area contributed by atoms with Gasteiger partial charge in [0.25, 0.3) is 5.91 Å². The third-order valence-electron chi connectivity index (χ3n) is 4.65. The minimum absolute atomic E-state index is 0.0207. The Bertz CT molecular complexity index is 556. The van der Waals surface area contributed by atoms with Crippen LogP contribution < -0.4 is 16.4 Å². The van der Waals surface area contributed by atoms with E-state index in [1.165, 1.54) is 19.3 Å². The largest absolute Gasteiger partial charge is 0.350 e. The summed E-state index contributed by atoms with van der Waals surface area (Å²) in [7, 11) is 0. The molecule has 1 aliphatic carbocycles. The summed E-state index contributed by atoms with van der Waals surface area (Å²) >= 11 is 5.81. The molecule has 1 aromatic carbocycles. The van der Waals surface area contributed by atoms with Crippen LogP contribution in [0.15, 0.2) is 24.3 Å². The zero-order valence-corrected chi connectivity index (χ0v) is 14.8. The Morgan fingerprint density at radius 1 is 1.17 bits per heavy atom. The second-order valence-corrected chi connectivity index (χ2v) is 6.89. The van der Waals surface area contributed by atoms with Crippen molar-refractivity contribution in [2.24, 2.45) is 11.7 Å². The minimum atomic E-state index is -0.620. The molecule has 0 aromatic heterocycles. The second-order valence-electron chi connectivity index (χ2n) is 6.45. The topological polar surface area (TPSA) is 84.2 Å². The number of halogens is 1. The molecule has 1 aliphatic rings. The van der Waals surface area contributed by atoms with Crippen molar-refractivity contribution in [2.45, 2.75) is 51.1 Å². The summed E-state index contributed by atoms with van der Waals surface area (Å²) in [6, 6.07) is 5.92. The van der Waals surface area contributed by atoms with E-state index in [9.17, 15) is 9.59 Å². The highest BCUT2D eigenvalue weighted by molar-refractivity contribution is 6.30. The molecule has 2 amide bonds. The lowest BCUT2D eigenvalue weighted by molar-refractivity contribution is -0.123. The van der Waals surface area contributed by atoms with Crippen LogP contribution in [0, 0.1) is 5.92 Å². The first kappa shape index (κ1) is 18.7. The van der Waals surface area contributed by atoms with Gasteiger partial charge in [0, 0.05) is 23.2 Å². The molecule has 4 N–H and O–H groups in total. The summed E-state index contributed by atoms with van der Waals surface area (Å²) in [6.07, 6.45) is 5.86. The van der Waals surface area contributed by atoms with Crippen LogP contribution >= 0.6 is 11.6 Å². The van der Waals surface area contributed by atoms with Gasteiger partial charge < -0.3 is 16.4 Å². The monoisotopic (exact) mass is 351 g/mol. The molecule has 0 heterocycles. The van der Waals surface area contributed by atoms with Gasteiger partial charge in [0.1, 0.15) is 6.04 Å². The number of carbonyl (C=O) groups excluding carboxylic acids is 2. The van der Waals surface area contributed by atoms with Gasteiger partial charge in [-0.15, -0.1) is 0 Å². The van der Waals surface area contributed by atoms with Crippen molar-refractivity contribution < 1.29 is 9.59 Å². The van der Waals surface area contributed by atoms with E-state index in [2.05, 4.69) is 10.6 Å². The first-order chi connectivity index (χ1) is 11.5. The van der Waals surface area contributed by atoms with Crippen molar-refractivity contribution in [1.29, 1.82) is 0 Å². The highest BCUT2D eigenvalue weighted by Crippen LogP contribution is 2.26. The molecule has 2 atom stereocenters. The lowest BCUT2D eigenvalue weighted by Gasteiger charge is -2.31. The smallest absolute Gasteiger partial charge is 0.251 e. The first-order valence-electron chi connectivity index (χ1n) is 8.58. The number of hydrogen-bond donors (Lipinski definition) is 3. The molecule has 1 aromatic rings. The van der Waals surface area contributed by atoms with Gasteiger partial charge in [0.15, 0.2) is 0 Å². The quantitative estimate of drug-likeness (QED) is 0.736. The molecule has 0 bridgehead atoms. The van der Waals surface area contributed by atoms with Crippen LogP contribution in [-0.2, 0) is 4.79 Å². The van der Waals surface area contributed by atoms with Crippen molar-refractivity contribution in [3.05, 3.63) is 34.9 Å². The molecule has 0 radical (unpaired) electrons. The first-order valence-corrected chi connectivity index (χ1v) is 8.96. The van der Waals surface area contributed by atoms with Crippen LogP contribution in [0.2, 0.25) is 5.02 Å². The zero-order chi connectivity index (χ0) is 17.5.